The molecule has 2 N–H and O–H groups in total. The first-order valence-corrected chi connectivity index (χ1v) is 5.33. The number of benzene rings is 1. The van der Waals surface area contributed by atoms with Crippen molar-refractivity contribution in [1.82, 2.24) is 9.78 Å². The van der Waals surface area contributed by atoms with Crippen LogP contribution in [0.2, 0.25) is 0 Å². The zero-order chi connectivity index (χ0) is 10.6. The molecule has 1 aliphatic rings. The zero-order valence-corrected chi connectivity index (χ0v) is 9.12. The Balaban J connectivity index is 2.36. The van der Waals surface area contributed by atoms with E-state index in [1.807, 2.05) is 11.7 Å². The number of aryl methyl sites for hydroxylation is 2. The van der Waals surface area contributed by atoms with Gasteiger partial charge in [0.2, 0.25) is 0 Å². The Morgan fingerprint density at radius 3 is 2.80 bits per heavy atom. The van der Waals surface area contributed by atoms with Crippen LogP contribution in [0.4, 0.5) is 0 Å². The van der Waals surface area contributed by atoms with Crippen LogP contribution in [0.5, 0.6) is 0 Å². The molecular formula is C12H15N3. The maximum atomic E-state index is 6.24. The van der Waals surface area contributed by atoms with Crippen LogP contribution in [0.15, 0.2) is 18.2 Å². The molecule has 0 spiro atoms. The Morgan fingerprint density at radius 1 is 1.40 bits per heavy atom. The maximum Gasteiger partial charge on any atom is 0.0976 e. The van der Waals surface area contributed by atoms with Gasteiger partial charge in [-0.05, 0) is 19.8 Å². The van der Waals surface area contributed by atoms with E-state index >= 15 is 0 Å². The van der Waals surface area contributed by atoms with Gasteiger partial charge >= 0.3 is 0 Å². The molecule has 1 heterocycles. The lowest BCUT2D eigenvalue weighted by Crippen LogP contribution is -2.19. The van der Waals surface area contributed by atoms with E-state index in [1.54, 1.807) is 0 Å². The summed E-state index contributed by atoms with van der Waals surface area (Å²) in [5, 5.41) is 5.78. The summed E-state index contributed by atoms with van der Waals surface area (Å²) in [5.74, 6) is 0. The number of rotatable bonds is 1. The van der Waals surface area contributed by atoms with Gasteiger partial charge in [0, 0.05) is 29.2 Å². The van der Waals surface area contributed by atoms with E-state index in [0.717, 1.165) is 18.4 Å². The van der Waals surface area contributed by atoms with Gasteiger partial charge in [-0.3, -0.25) is 4.68 Å². The summed E-state index contributed by atoms with van der Waals surface area (Å²) in [5.41, 5.74) is 9.64. The van der Waals surface area contributed by atoms with Crippen LogP contribution in [-0.4, -0.2) is 9.78 Å². The third-order valence-corrected chi connectivity index (χ3v) is 3.49. The van der Waals surface area contributed by atoms with E-state index in [-0.39, 0.29) is 5.54 Å². The molecule has 1 aromatic carbocycles. The van der Waals surface area contributed by atoms with Crippen molar-refractivity contribution in [3.63, 3.8) is 0 Å². The average Bonchev–Trinajstić information content (AvgIpc) is 2.90. The molecule has 15 heavy (non-hydrogen) atoms. The van der Waals surface area contributed by atoms with Gasteiger partial charge in [-0.1, -0.05) is 18.2 Å². The van der Waals surface area contributed by atoms with Gasteiger partial charge in [0.15, 0.2) is 0 Å². The van der Waals surface area contributed by atoms with Gasteiger partial charge in [0.05, 0.1) is 5.52 Å². The molecule has 1 aromatic heterocycles. The highest BCUT2D eigenvalue weighted by molar-refractivity contribution is 5.85. The van der Waals surface area contributed by atoms with Crippen LogP contribution in [0.3, 0.4) is 0 Å². The van der Waals surface area contributed by atoms with Crippen LogP contribution >= 0.6 is 0 Å². The molecule has 0 amide bonds. The second-order valence-electron chi connectivity index (χ2n) is 4.57. The molecule has 0 aliphatic heterocycles. The van der Waals surface area contributed by atoms with Crippen LogP contribution in [0.25, 0.3) is 10.9 Å². The number of nitrogens with two attached hydrogens (primary N) is 1. The Morgan fingerprint density at radius 2 is 2.13 bits per heavy atom. The molecule has 3 heteroatoms. The lowest BCUT2D eigenvalue weighted by molar-refractivity contribution is 0.726. The minimum atomic E-state index is -0.0969. The Kier molecular flexibility index (Phi) is 1.55. The van der Waals surface area contributed by atoms with Gasteiger partial charge in [0.1, 0.15) is 0 Å². The number of fused-ring (bicyclic) bond motifs is 1. The average molecular weight is 201 g/mol. The van der Waals surface area contributed by atoms with Crippen molar-refractivity contribution in [2.45, 2.75) is 25.3 Å². The van der Waals surface area contributed by atoms with Gasteiger partial charge in [0.25, 0.3) is 0 Å². The SMILES string of the molecule is Cc1c2cccc(C3(N)CC3)c2nn1C. The molecule has 0 radical (unpaired) electrons. The lowest BCUT2D eigenvalue weighted by atomic mass is 10.0. The first-order valence-electron chi connectivity index (χ1n) is 5.33. The molecule has 1 fully saturated rings. The fourth-order valence-corrected chi connectivity index (χ4v) is 2.15. The predicted octanol–water partition coefficient (Wildman–Crippen LogP) is 1.83. The van der Waals surface area contributed by atoms with E-state index in [4.69, 9.17) is 5.73 Å². The van der Waals surface area contributed by atoms with Crippen molar-refractivity contribution in [2.75, 3.05) is 0 Å². The Bertz CT molecular complexity index is 535. The Labute approximate surface area is 88.9 Å². The molecule has 2 aromatic rings. The van der Waals surface area contributed by atoms with Crippen molar-refractivity contribution in [3.05, 3.63) is 29.5 Å². The highest BCUT2D eigenvalue weighted by atomic mass is 15.3. The highest BCUT2D eigenvalue weighted by Gasteiger charge is 2.41. The quantitative estimate of drug-likeness (QED) is 0.765. The summed E-state index contributed by atoms with van der Waals surface area (Å²) < 4.78 is 1.93. The fourth-order valence-electron chi connectivity index (χ4n) is 2.15. The summed E-state index contributed by atoms with van der Waals surface area (Å²) in [6.07, 6.45) is 2.17. The van der Waals surface area contributed by atoms with Crippen LogP contribution in [-0.2, 0) is 12.6 Å². The zero-order valence-electron chi connectivity index (χ0n) is 9.12. The number of nitrogens with zero attached hydrogens (tertiary/aromatic N) is 2. The summed E-state index contributed by atoms with van der Waals surface area (Å²) in [4.78, 5) is 0. The molecular weight excluding hydrogens is 186 g/mol. The predicted molar refractivity (Wildman–Crippen MR) is 60.6 cm³/mol. The van der Waals surface area contributed by atoms with Gasteiger partial charge in [-0.2, -0.15) is 5.10 Å². The van der Waals surface area contributed by atoms with Crippen LogP contribution in [0.1, 0.15) is 24.1 Å². The third-order valence-electron chi connectivity index (χ3n) is 3.49. The minimum Gasteiger partial charge on any atom is -0.321 e. The van der Waals surface area contributed by atoms with Crippen molar-refractivity contribution in [1.29, 1.82) is 0 Å². The summed E-state index contributed by atoms with van der Waals surface area (Å²) >= 11 is 0. The van der Waals surface area contributed by atoms with Crippen molar-refractivity contribution in [2.24, 2.45) is 12.8 Å². The highest BCUT2D eigenvalue weighted by Crippen LogP contribution is 2.45. The van der Waals surface area contributed by atoms with Crippen LogP contribution < -0.4 is 5.73 Å². The molecule has 0 unspecified atom stereocenters. The van der Waals surface area contributed by atoms with E-state index in [0.29, 0.717) is 0 Å². The number of aromatic nitrogens is 2. The van der Waals surface area contributed by atoms with Crippen molar-refractivity contribution in [3.8, 4) is 0 Å². The topological polar surface area (TPSA) is 43.8 Å². The lowest BCUT2D eigenvalue weighted by Gasteiger charge is -2.08. The monoisotopic (exact) mass is 201 g/mol. The van der Waals surface area contributed by atoms with E-state index in [1.165, 1.54) is 16.6 Å². The minimum absolute atomic E-state index is 0.0969. The number of hydrogen-bond donors (Lipinski definition) is 1. The van der Waals surface area contributed by atoms with Crippen LogP contribution in [0, 0.1) is 6.92 Å². The van der Waals surface area contributed by atoms with Crippen molar-refractivity contribution >= 4 is 10.9 Å². The molecule has 0 saturated heterocycles. The molecule has 1 aliphatic carbocycles. The fraction of sp³-hybridized carbons (Fsp3) is 0.417. The third kappa shape index (κ3) is 1.13. The normalized spacial score (nSPS) is 18.3. The smallest absolute Gasteiger partial charge is 0.0976 e. The summed E-state index contributed by atoms with van der Waals surface area (Å²) in [6.45, 7) is 2.09. The second-order valence-corrected chi connectivity index (χ2v) is 4.57. The first kappa shape index (κ1) is 8.92. The standard InChI is InChI=1S/C12H15N3/c1-8-9-4-3-5-10(12(13)6-7-12)11(9)14-15(8)2/h3-5H,6-7,13H2,1-2H3. The Hall–Kier alpha value is -1.35. The largest absolute Gasteiger partial charge is 0.321 e. The molecule has 78 valence electrons. The van der Waals surface area contributed by atoms with Gasteiger partial charge in [-0.25, -0.2) is 0 Å². The van der Waals surface area contributed by atoms with Crippen molar-refractivity contribution < 1.29 is 0 Å². The van der Waals surface area contributed by atoms with E-state index in [2.05, 4.69) is 30.2 Å². The molecule has 0 bridgehead atoms. The number of hydrogen-bond acceptors (Lipinski definition) is 2. The second kappa shape index (κ2) is 2.61. The molecule has 3 nitrogen and oxygen atoms in total. The summed E-state index contributed by atoms with van der Waals surface area (Å²) in [6, 6.07) is 6.31. The van der Waals surface area contributed by atoms with Gasteiger partial charge < -0.3 is 5.73 Å². The first-order chi connectivity index (χ1) is 7.12. The maximum absolute atomic E-state index is 6.24. The summed E-state index contributed by atoms with van der Waals surface area (Å²) in [7, 11) is 1.98. The molecule has 1 saturated carbocycles. The van der Waals surface area contributed by atoms with Gasteiger partial charge in [-0.15, -0.1) is 0 Å². The molecule has 0 atom stereocenters. The van der Waals surface area contributed by atoms with E-state index < -0.39 is 0 Å². The molecule has 3 rings (SSSR count). The van der Waals surface area contributed by atoms with E-state index in [9.17, 15) is 0 Å².